The molecule has 20 heavy (non-hydrogen) atoms. The van der Waals surface area contributed by atoms with Crippen LogP contribution in [0.3, 0.4) is 0 Å². The minimum Gasteiger partial charge on any atom is -0.481 e. The summed E-state index contributed by atoms with van der Waals surface area (Å²) < 4.78 is 5.27. The first kappa shape index (κ1) is 15.1. The van der Waals surface area contributed by atoms with E-state index in [2.05, 4.69) is 24.0 Å². The SMILES string of the molecule is CC(C)CSCc1noc([C@@H]2CC=CC[C@@H]2C(=O)O)n1. The number of carboxylic acids is 1. The van der Waals surface area contributed by atoms with E-state index in [1.54, 1.807) is 11.8 Å². The van der Waals surface area contributed by atoms with Crippen LogP contribution in [0.15, 0.2) is 16.7 Å². The van der Waals surface area contributed by atoms with Gasteiger partial charge in [0.05, 0.1) is 17.6 Å². The molecule has 110 valence electrons. The Morgan fingerprint density at radius 1 is 1.50 bits per heavy atom. The summed E-state index contributed by atoms with van der Waals surface area (Å²) in [5, 5.41) is 13.2. The van der Waals surface area contributed by atoms with Gasteiger partial charge in [-0.1, -0.05) is 31.2 Å². The first-order valence-corrected chi connectivity index (χ1v) is 8.01. The van der Waals surface area contributed by atoms with Gasteiger partial charge in [0, 0.05) is 0 Å². The van der Waals surface area contributed by atoms with Gasteiger partial charge in [-0.05, 0) is 24.5 Å². The molecule has 0 radical (unpaired) electrons. The lowest BCUT2D eigenvalue weighted by Crippen LogP contribution is -2.23. The van der Waals surface area contributed by atoms with Gasteiger partial charge < -0.3 is 9.63 Å². The minimum absolute atomic E-state index is 0.200. The second kappa shape index (κ2) is 6.92. The molecule has 1 aromatic heterocycles. The Balaban J connectivity index is 2.00. The van der Waals surface area contributed by atoms with Gasteiger partial charge in [-0.25, -0.2) is 0 Å². The lowest BCUT2D eigenvalue weighted by atomic mass is 9.83. The van der Waals surface area contributed by atoms with Crippen molar-refractivity contribution in [2.24, 2.45) is 11.8 Å². The highest BCUT2D eigenvalue weighted by atomic mass is 32.2. The second-order valence-corrected chi connectivity index (χ2v) is 6.48. The fraction of sp³-hybridized carbons (Fsp3) is 0.643. The third-order valence-corrected chi connectivity index (χ3v) is 4.60. The number of aromatic nitrogens is 2. The van der Waals surface area contributed by atoms with Crippen LogP contribution in [0, 0.1) is 11.8 Å². The Morgan fingerprint density at radius 3 is 2.95 bits per heavy atom. The van der Waals surface area contributed by atoms with Crippen LogP contribution >= 0.6 is 11.8 Å². The van der Waals surface area contributed by atoms with Crippen molar-refractivity contribution in [2.45, 2.75) is 38.4 Å². The molecule has 0 unspecified atom stereocenters. The summed E-state index contributed by atoms with van der Waals surface area (Å²) in [5.41, 5.74) is 0. The van der Waals surface area contributed by atoms with Crippen molar-refractivity contribution >= 4 is 17.7 Å². The molecular formula is C14H20N2O3S. The largest absolute Gasteiger partial charge is 0.481 e. The van der Waals surface area contributed by atoms with E-state index in [-0.39, 0.29) is 5.92 Å². The molecule has 1 aliphatic rings. The number of carboxylic acid groups (broad SMARTS) is 1. The molecule has 0 spiro atoms. The third kappa shape index (κ3) is 3.85. The lowest BCUT2D eigenvalue weighted by Gasteiger charge is -2.21. The fourth-order valence-electron chi connectivity index (χ4n) is 2.22. The van der Waals surface area contributed by atoms with E-state index in [1.807, 2.05) is 12.2 Å². The summed E-state index contributed by atoms with van der Waals surface area (Å²) in [6, 6.07) is 0. The maximum atomic E-state index is 11.3. The van der Waals surface area contributed by atoms with Crippen LogP contribution in [0.1, 0.15) is 44.3 Å². The van der Waals surface area contributed by atoms with Crippen LogP contribution in [-0.2, 0) is 10.5 Å². The normalized spacial score (nSPS) is 22.4. The van der Waals surface area contributed by atoms with Gasteiger partial charge in [-0.2, -0.15) is 16.7 Å². The van der Waals surface area contributed by atoms with E-state index in [0.717, 1.165) is 5.75 Å². The van der Waals surface area contributed by atoms with E-state index >= 15 is 0 Å². The number of aliphatic carboxylic acids is 1. The van der Waals surface area contributed by atoms with Crippen molar-refractivity contribution in [2.75, 3.05) is 5.75 Å². The third-order valence-electron chi connectivity index (χ3n) is 3.23. The summed E-state index contributed by atoms with van der Waals surface area (Å²) in [6.07, 6.45) is 5.07. The summed E-state index contributed by atoms with van der Waals surface area (Å²) in [7, 11) is 0. The molecule has 0 bridgehead atoms. The van der Waals surface area contributed by atoms with Gasteiger partial charge in [0.25, 0.3) is 0 Å². The quantitative estimate of drug-likeness (QED) is 0.813. The van der Waals surface area contributed by atoms with Crippen LogP contribution in [0.25, 0.3) is 0 Å². The molecule has 1 N–H and O–H groups in total. The van der Waals surface area contributed by atoms with E-state index in [9.17, 15) is 9.90 Å². The zero-order valence-electron chi connectivity index (χ0n) is 11.8. The van der Waals surface area contributed by atoms with Gasteiger partial charge in [-0.15, -0.1) is 0 Å². The van der Waals surface area contributed by atoms with Crippen molar-refractivity contribution in [3.63, 3.8) is 0 Å². The molecule has 0 aliphatic heterocycles. The van der Waals surface area contributed by atoms with Gasteiger partial charge >= 0.3 is 5.97 Å². The van der Waals surface area contributed by atoms with Crippen molar-refractivity contribution < 1.29 is 14.4 Å². The van der Waals surface area contributed by atoms with Crippen molar-refractivity contribution in [3.8, 4) is 0 Å². The Kier molecular flexibility index (Phi) is 5.23. The van der Waals surface area contributed by atoms with E-state index < -0.39 is 11.9 Å². The zero-order valence-corrected chi connectivity index (χ0v) is 12.6. The number of carbonyl (C=O) groups is 1. The predicted octanol–water partition coefficient (Wildman–Crippen LogP) is 3.09. The van der Waals surface area contributed by atoms with E-state index in [4.69, 9.17) is 4.52 Å². The molecule has 0 fully saturated rings. The minimum atomic E-state index is -0.798. The van der Waals surface area contributed by atoms with Crippen LogP contribution < -0.4 is 0 Å². The first-order chi connectivity index (χ1) is 9.58. The first-order valence-electron chi connectivity index (χ1n) is 6.86. The van der Waals surface area contributed by atoms with Crippen molar-refractivity contribution in [1.29, 1.82) is 0 Å². The highest BCUT2D eigenvalue weighted by Gasteiger charge is 2.33. The molecule has 5 nitrogen and oxygen atoms in total. The molecule has 2 atom stereocenters. The molecule has 1 aromatic rings. The summed E-state index contributed by atoms with van der Waals surface area (Å²) >= 11 is 1.77. The van der Waals surface area contributed by atoms with E-state index in [0.29, 0.717) is 36.2 Å². The van der Waals surface area contributed by atoms with Gasteiger partial charge in [0.15, 0.2) is 5.82 Å². The smallest absolute Gasteiger partial charge is 0.307 e. The second-order valence-electron chi connectivity index (χ2n) is 5.45. The number of rotatable bonds is 6. The average Bonchev–Trinajstić information content (AvgIpc) is 2.87. The Labute approximate surface area is 122 Å². The highest BCUT2D eigenvalue weighted by Crippen LogP contribution is 2.34. The zero-order chi connectivity index (χ0) is 14.5. The summed E-state index contributed by atoms with van der Waals surface area (Å²) in [4.78, 5) is 15.6. The predicted molar refractivity (Wildman–Crippen MR) is 77.5 cm³/mol. The number of allylic oxidation sites excluding steroid dienone is 2. The molecule has 0 aromatic carbocycles. The van der Waals surface area contributed by atoms with Crippen LogP contribution in [0.4, 0.5) is 0 Å². The summed E-state index contributed by atoms with van der Waals surface area (Å²) in [6.45, 7) is 4.33. The van der Waals surface area contributed by atoms with Gasteiger partial charge in [-0.3, -0.25) is 4.79 Å². The maximum absolute atomic E-state index is 11.3. The van der Waals surface area contributed by atoms with E-state index in [1.165, 1.54) is 0 Å². The van der Waals surface area contributed by atoms with Gasteiger partial charge in [0.2, 0.25) is 5.89 Å². The molecular weight excluding hydrogens is 276 g/mol. The summed E-state index contributed by atoms with van der Waals surface area (Å²) in [5.74, 6) is 2.05. The van der Waals surface area contributed by atoms with Crippen LogP contribution in [0.5, 0.6) is 0 Å². The van der Waals surface area contributed by atoms with Crippen LogP contribution in [0.2, 0.25) is 0 Å². The molecule has 2 rings (SSSR count). The number of thioether (sulfide) groups is 1. The number of hydrogen-bond donors (Lipinski definition) is 1. The Hall–Kier alpha value is -1.30. The number of hydrogen-bond acceptors (Lipinski definition) is 5. The molecule has 0 saturated carbocycles. The fourth-order valence-corrected chi connectivity index (χ4v) is 3.11. The average molecular weight is 296 g/mol. The van der Waals surface area contributed by atoms with Crippen LogP contribution in [-0.4, -0.2) is 27.0 Å². The molecule has 0 amide bonds. The molecule has 6 heteroatoms. The topological polar surface area (TPSA) is 76.2 Å². The molecule has 1 heterocycles. The molecule has 1 aliphatic carbocycles. The standard InChI is InChI=1S/C14H20N2O3S/c1-9(2)7-20-8-12-15-13(19-16-12)10-5-3-4-6-11(10)14(17)18/h3-4,9-11H,5-8H2,1-2H3,(H,17,18)/t10-,11+/m1/s1. The maximum Gasteiger partial charge on any atom is 0.307 e. The molecule has 0 saturated heterocycles. The van der Waals surface area contributed by atoms with Gasteiger partial charge in [0.1, 0.15) is 0 Å². The van der Waals surface area contributed by atoms with Crippen molar-refractivity contribution in [1.82, 2.24) is 10.1 Å². The van der Waals surface area contributed by atoms with Crippen molar-refractivity contribution in [3.05, 3.63) is 23.9 Å². The highest BCUT2D eigenvalue weighted by molar-refractivity contribution is 7.98. The Morgan fingerprint density at radius 2 is 2.25 bits per heavy atom. The number of nitrogens with zero attached hydrogens (tertiary/aromatic N) is 2. The lowest BCUT2D eigenvalue weighted by molar-refractivity contribution is -0.142. The monoisotopic (exact) mass is 296 g/mol. The Bertz CT molecular complexity index is 485.